The minimum absolute atomic E-state index is 0.0578. The van der Waals surface area contributed by atoms with E-state index in [2.05, 4.69) is 10.7 Å². The molecular formula is C4H8NO3P. The van der Waals surface area contributed by atoms with E-state index in [0.717, 1.165) is 0 Å². The van der Waals surface area contributed by atoms with Gasteiger partial charge in [0.25, 0.3) is 0 Å². The molecule has 0 bridgehead atoms. The number of hydrogen-bond acceptors (Lipinski definition) is 4. The Balaban J connectivity index is 3.06. The molecule has 0 spiro atoms. The summed E-state index contributed by atoms with van der Waals surface area (Å²) in [5.41, 5.74) is 0. The summed E-state index contributed by atoms with van der Waals surface area (Å²) < 4.78 is 9.79. The highest BCUT2D eigenvalue weighted by Crippen LogP contribution is 1.98. The summed E-state index contributed by atoms with van der Waals surface area (Å²) in [4.78, 5) is 14.1. The van der Waals surface area contributed by atoms with Crippen LogP contribution in [0.25, 0.3) is 0 Å². The van der Waals surface area contributed by atoms with Gasteiger partial charge < -0.3 is 4.84 Å². The lowest BCUT2D eigenvalue weighted by Crippen LogP contribution is -2.09. The molecule has 2 N–H and O–H groups in total. The number of rotatable bonds is 4. The van der Waals surface area contributed by atoms with E-state index < -0.39 is 5.97 Å². The van der Waals surface area contributed by atoms with Crippen molar-refractivity contribution in [1.29, 1.82) is 0 Å². The van der Waals surface area contributed by atoms with Gasteiger partial charge in [-0.2, -0.15) is 5.90 Å². The summed E-state index contributed by atoms with van der Waals surface area (Å²) in [5.74, 6) is 4.06. The van der Waals surface area contributed by atoms with Gasteiger partial charge in [0.05, 0.1) is 0 Å². The van der Waals surface area contributed by atoms with Crippen molar-refractivity contribution < 1.29 is 14.2 Å². The van der Waals surface area contributed by atoms with Crippen LogP contribution < -0.4 is 5.90 Å². The van der Waals surface area contributed by atoms with Crippen molar-refractivity contribution >= 4 is 14.4 Å². The van der Waals surface area contributed by atoms with Crippen molar-refractivity contribution in [3.63, 3.8) is 0 Å². The molecule has 0 aliphatic heterocycles. The zero-order valence-corrected chi connectivity index (χ0v) is 5.77. The van der Waals surface area contributed by atoms with Crippen LogP contribution in [0.15, 0.2) is 0 Å². The van der Waals surface area contributed by atoms with E-state index in [4.69, 9.17) is 0 Å². The fourth-order valence-electron chi connectivity index (χ4n) is 0.347. The minimum atomic E-state index is -0.460. The Labute approximate surface area is 54.5 Å². The standard InChI is InChI=1S/C4H8NO3P/c5-8-4(6)2-1-3-9-7/h1-3,5H2. The molecule has 9 heavy (non-hydrogen) atoms. The van der Waals surface area contributed by atoms with E-state index in [1.54, 1.807) is 0 Å². The van der Waals surface area contributed by atoms with E-state index in [0.29, 0.717) is 12.6 Å². The lowest BCUT2D eigenvalue weighted by Gasteiger charge is -1.91. The third kappa shape index (κ3) is 5.40. The summed E-state index contributed by atoms with van der Waals surface area (Å²) in [6, 6.07) is 0. The van der Waals surface area contributed by atoms with Crippen LogP contribution in [-0.2, 0) is 14.2 Å². The molecule has 0 atom stereocenters. The van der Waals surface area contributed by atoms with Crippen LogP contribution in [0.4, 0.5) is 0 Å². The van der Waals surface area contributed by atoms with E-state index >= 15 is 0 Å². The van der Waals surface area contributed by atoms with Crippen LogP contribution in [-0.4, -0.2) is 12.1 Å². The van der Waals surface area contributed by atoms with Crippen molar-refractivity contribution in [3.05, 3.63) is 0 Å². The molecule has 0 saturated carbocycles. The Morgan fingerprint density at radius 3 is 2.78 bits per heavy atom. The van der Waals surface area contributed by atoms with E-state index in [1.165, 1.54) is 0 Å². The maximum atomic E-state index is 10.2. The van der Waals surface area contributed by atoms with Gasteiger partial charge in [-0.3, -0.25) is 9.36 Å². The third-order valence-electron chi connectivity index (χ3n) is 0.762. The Bertz CT molecular complexity index is 106. The molecule has 0 fully saturated rings. The lowest BCUT2D eigenvalue weighted by molar-refractivity contribution is -0.144. The second-order valence-electron chi connectivity index (χ2n) is 1.45. The minimum Gasteiger partial charge on any atom is -0.373 e. The van der Waals surface area contributed by atoms with Crippen molar-refractivity contribution in [2.75, 3.05) is 6.16 Å². The zero-order valence-electron chi connectivity index (χ0n) is 4.87. The molecule has 5 heteroatoms. The maximum Gasteiger partial charge on any atom is 0.324 e. The first-order chi connectivity index (χ1) is 4.31. The average molecular weight is 149 g/mol. The van der Waals surface area contributed by atoms with Gasteiger partial charge in [0, 0.05) is 12.6 Å². The van der Waals surface area contributed by atoms with Crippen LogP contribution in [0.1, 0.15) is 12.8 Å². The Morgan fingerprint density at radius 1 is 1.67 bits per heavy atom. The van der Waals surface area contributed by atoms with E-state index in [-0.39, 0.29) is 14.9 Å². The Hall–Kier alpha value is -0.470. The molecule has 0 amide bonds. The topological polar surface area (TPSA) is 69.4 Å². The van der Waals surface area contributed by atoms with E-state index in [9.17, 15) is 9.36 Å². The number of hydrogen-bond donors (Lipinski definition) is 1. The summed E-state index contributed by atoms with van der Waals surface area (Å²) in [6.45, 7) is 0. The normalized spacial score (nSPS) is 9.44. The molecule has 0 aliphatic carbocycles. The molecule has 0 rings (SSSR count). The molecule has 0 aliphatic rings. The van der Waals surface area contributed by atoms with Crippen molar-refractivity contribution in [1.82, 2.24) is 0 Å². The van der Waals surface area contributed by atoms with Gasteiger partial charge in [-0.1, -0.05) is 0 Å². The predicted octanol–water partition coefficient (Wildman–Crippen LogP) is 0.475. The predicted molar refractivity (Wildman–Crippen MR) is 32.0 cm³/mol. The first-order valence-electron chi connectivity index (χ1n) is 2.50. The van der Waals surface area contributed by atoms with Gasteiger partial charge in [-0.05, 0) is 6.42 Å². The molecule has 0 aromatic heterocycles. The van der Waals surface area contributed by atoms with Crippen LogP contribution in [0, 0.1) is 0 Å². The summed E-state index contributed by atoms with van der Waals surface area (Å²) in [7, 11) is 0.0578. The third-order valence-corrected chi connectivity index (χ3v) is 1.26. The van der Waals surface area contributed by atoms with Gasteiger partial charge in [0.15, 0.2) is 8.46 Å². The van der Waals surface area contributed by atoms with Gasteiger partial charge >= 0.3 is 5.97 Å². The summed E-state index contributed by atoms with van der Waals surface area (Å²) in [6.07, 6.45) is 1.28. The van der Waals surface area contributed by atoms with Crippen molar-refractivity contribution in [2.45, 2.75) is 12.8 Å². The molecule has 0 unspecified atom stereocenters. The molecule has 0 radical (unpaired) electrons. The van der Waals surface area contributed by atoms with Gasteiger partial charge in [-0.25, -0.2) is 0 Å². The summed E-state index contributed by atoms with van der Waals surface area (Å²) >= 11 is 0. The first-order valence-corrected chi connectivity index (χ1v) is 3.49. The van der Waals surface area contributed by atoms with Crippen LogP contribution in [0.3, 0.4) is 0 Å². The molecular weight excluding hydrogens is 141 g/mol. The molecule has 0 aromatic carbocycles. The van der Waals surface area contributed by atoms with Gasteiger partial charge in [0.1, 0.15) is 0 Å². The largest absolute Gasteiger partial charge is 0.373 e. The molecule has 0 aromatic rings. The fourth-order valence-corrected chi connectivity index (χ4v) is 0.634. The Kier molecular flexibility index (Phi) is 5.37. The maximum absolute atomic E-state index is 10.2. The van der Waals surface area contributed by atoms with Gasteiger partial charge in [-0.15, -0.1) is 0 Å². The quantitative estimate of drug-likeness (QED) is 0.358. The first kappa shape index (κ1) is 8.53. The zero-order chi connectivity index (χ0) is 7.11. The highest BCUT2D eigenvalue weighted by Gasteiger charge is 1.98. The molecule has 0 heterocycles. The monoisotopic (exact) mass is 149 g/mol. The smallest absolute Gasteiger partial charge is 0.324 e. The van der Waals surface area contributed by atoms with Crippen LogP contribution in [0.2, 0.25) is 0 Å². The molecule has 4 nitrogen and oxygen atoms in total. The summed E-state index contributed by atoms with van der Waals surface area (Å²) in [5, 5.41) is 0. The highest BCUT2D eigenvalue weighted by atomic mass is 31.1. The Morgan fingerprint density at radius 2 is 2.33 bits per heavy atom. The second-order valence-corrected chi connectivity index (χ2v) is 2.15. The fraction of sp³-hybridized carbons (Fsp3) is 0.750. The van der Waals surface area contributed by atoms with Gasteiger partial charge in [0.2, 0.25) is 0 Å². The molecule has 0 saturated heterocycles. The van der Waals surface area contributed by atoms with Crippen LogP contribution >= 0.6 is 8.46 Å². The SMILES string of the molecule is NOC(=O)CCCP=O. The number of carbonyl (C=O) groups excluding carboxylic acids is 1. The number of nitrogens with two attached hydrogens (primary N) is 1. The lowest BCUT2D eigenvalue weighted by atomic mass is 10.3. The number of carbonyl (C=O) groups is 1. The highest BCUT2D eigenvalue weighted by molar-refractivity contribution is 7.23. The van der Waals surface area contributed by atoms with Crippen LogP contribution in [0.5, 0.6) is 0 Å². The van der Waals surface area contributed by atoms with E-state index in [1.807, 2.05) is 0 Å². The average Bonchev–Trinajstić information content (AvgIpc) is 1.89. The van der Waals surface area contributed by atoms with Crippen molar-refractivity contribution in [3.8, 4) is 0 Å². The second kappa shape index (κ2) is 5.66. The molecule has 52 valence electrons. The van der Waals surface area contributed by atoms with Crippen molar-refractivity contribution in [2.24, 2.45) is 5.90 Å².